The second-order valence-corrected chi connectivity index (χ2v) is 10.2. The Kier molecular flexibility index (Phi) is 9.72. The first-order valence-electron chi connectivity index (χ1n) is 12.4. The Morgan fingerprint density at radius 1 is 1.08 bits per heavy atom. The maximum absolute atomic E-state index is 13.2. The molecule has 1 heterocycles. The topological polar surface area (TPSA) is 88.5 Å². The Morgan fingerprint density at radius 3 is 2.46 bits per heavy atom. The summed E-state index contributed by atoms with van der Waals surface area (Å²) in [6.07, 6.45) is 1.38. The summed E-state index contributed by atoms with van der Waals surface area (Å²) in [7, 11) is 1.61. The van der Waals surface area contributed by atoms with Crippen LogP contribution in [0.5, 0.6) is 0 Å². The Labute approximate surface area is 223 Å². The van der Waals surface area contributed by atoms with Crippen molar-refractivity contribution in [1.29, 1.82) is 0 Å². The highest BCUT2D eigenvalue weighted by Gasteiger charge is 2.24. The molecule has 2 N–H and O–H groups in total. The fourth-order valence-corrected chi connectivity index (χ4v) is 4.01. The summed E-state index contributed by atoms with van der Waals surface area (Å²) >= 11 is 6.44. The Balaban J connectivity index is 1.83. The average Bonchev–Trinajstić information content (AvgIpc) is 3.28. The van der Waals surface area contributed by atoms with Crippen LogP contribution in [0, 0.1) is 0 Å². The molecular weight excluding hydrogens is 490 g/mol. The highest BCUT2D eigenvalue weighted by molar-refractivity contribution is 6.32. The Bertz CT molecular complexity index is 1220. The zero-order chi connectivity index (χ0) is 27.0. The predicted molar refractivity (Wildman–Crippen MR) is 149 cm³/mol. The molecule has 0 unspecified atom stereocenters. The summed E-state index contributed by atoms with van der Waals surface area (Å²) in [5, 5.41) is 11.1. The van der Waals surface area contributed by atoms with Crippen molar-refractivity contribution >= 4 is 35.0 Å². The van der Waals surface area contributed by atoms with Gasteiger partial charge in [0, 0.05) is 37.4 Å². The molecule has 0 atom stereocenters. The van der Waals surface area contributed by atoms with E-state index in [0.717, 1.165) is 23.4 Å². The lowest BCUT2D eigenvalue weighted by atomic mass is 9.92. The van der Waals surface area contributed by atoms with E-state index < -0.39 is 0 Å². The van der Waals surface area contributed by atoms with Crippen LogP contribution in [-0.2, 0) is 21.4 Å². The number of anilines is 2. The van der Waals surface area contributed by atoms with Crippen molar-refractivity contribution in [3.63, 3.8) is 0 Å². The molecule has 0 aliphatic carbocycles. The van der Waals surface area contributed by atoms with Crippen LogP contribution in [0.2, 0.25) is 5.02 Å². The maximum atomic E-state index is 13.2. The van der Waals surface area contributed by atoms with Crippen LogP contribution in [0.25, 0.3) is 5.69 Å². The number of para-hydroxylation sites is 2. The van der Waals surface area contributed by atoms with Gasteiger partial charge in [0.05, 0.1) is 16.4 Å². The Hall–Kier alpha value is -3.36. The number of hydrogen-bond acceptors (Lipinski definition) is 4. The van der Waals surface area contributed by atoms with E-state index in [1.165, 1.54) is 4.90 Å². The van der Waals surface area contributed by atoms with E-state index in [4.69, 9.17) is 21.4 Å². The van der Waals surface area contributed by atoms with Gasteiger partial charge in [0.15, 0.2) is 0 Å². The highest BCUT2D eigenvalue weighted by atomic mass is 35.5. The number of hydrogen-bond donors (Lipinski definition) is 2. The van der Waals surface area contributed by atoms with Crippen molar-refractivity contribution in [1.82, 2.24) is 14.7 Å². The van der Waals surface area contributed by atoms with E-state index in [2.05, 4.69) is 10.6 Å². The summed E-state index contributed by atoms with van der Waals surface area (Å²) < 4.78 is 6.79. The summed E-state index contributed by atoms with van der Waals surface area (Å²) in [5.74, 6) is 0.140. The maximum Gasteiger partial charge on any atom is 0.322 e. The minimum absolute atomic E-state index is 0.137. The van der Waals surface area contributed by atoms with E-state index in [1.54, 1.807) is 17.9 Å². The summed E-state index contributed by atoms with van der Waals surface area (Å²) in [4.78, 5) is 27.9. The number of urea groups is 1. The first-order valence-corrected chi connectivity index (χ1v) is 12.8. The number of nitrogens with one attached hydrogen (secondary N) is 2. The zero-order valence-electron chi connectivity index (χ0n) is 22.2. The summed E-state index contributed by atoms with van der Waals surface area (Å²) in [5.41, 5.74) is 2.97. The molecule has 9 heteroatoms. The first-order chi connectivity index (χ1) is 17.6. The molecule has 1 aromatic heterocycles. The van der Waals surface area contributed by atoms with Crippen LogP contribution in [0.4, 0.5) is 16.3 Å². The van der Waals surface area contributed by atoms with Gasteiger partial charge in [0.25, 0.3) is 0 Å². The first kappa shape index (κ1) is 28.2. The lowest BCUT2D eigenvalue weighted by Crippen LogP contribution is -2.41. The number of carbonyl (C=O) groups excluding carboxylic acids is 2. The lowest BCUT2D eigenvalue weighted by Gasteiger charge is -2.23. The van der Waals surface area contributed by atoms with Gasteiger partial charge in [-0.25, -0.2) is 9.48 Å². The van der Waals surface area contributed by atoms with Crippen molar-refractivity contribution in [2.75, 3.05) is 37.4 Å². The number of aryl methyl sites for hydroxylation is 1. The zero-order valence-corrected chi connectivity index (χ0v) is 22.9. The standard InChI is InChI=1S/C28H36ClN5O3/c1-6-20-12-7-9-14-22(20)30-27(36)33(16-11-17-37-5)19-26(35)31-25-18-24(28(2,3)4)32-34(25)23-15-10-8-13-21(23)29/h7-10,12-15,18H,6,11,16-17,19H2,1-5H3,(H,30,36)(H,31,35). The second-order valence-electron chi connectivity index (χ2n) is 9.78. The van der Waals surface area contributed by atoms with Crippen LogP contribution in [0.1, 0.15) is 45.4 Å². The monoisotopic (exact) mass is 525 g/mol. The third kappa shape index (κ3) is 7.57. The van der Waals surface area contributed by atoms with Gasteiger partial charge in [0.2, 0.25) is 5.91 Å². The quantitative estimate of drug-likeness (QED) is 0.323. The smallest absolute Gasteiger partial charge is 0.322 e. The summed E-state index contributed by atoms with van der Waals surface area (Å²) in [6, 6.07) is 16.5. The molecule has 3 rings (SSSR count). The van der Waals surface area contributed by atoms with Gasteiger partial charge in [-0.3, -0.25) is 4.79 Å². The van der Waals surface area contributed by atoms with E-state index in [0.29, 0.717) is 36.1 Å². The van der Waals surface area contributed by atoms with Crippen LogP contribution >= 0.6 is 11.6 Å². The molecule has 0 saturated carbocycles. The molecule has 3 amide bonds. The molecule has 8 nitrogen and oxygen atoms in total. The molecular formula is C28H36ClN5O3. The minimum Gasteiger partial charge on any atom is -0.385 e. The normalized spacial score (nSPS) is 11.3. The fourth-order valence-electron chi connectivity index (χ4n) is 3.80. The second kappa shape index (κ2) is 12.7. The summed E-state index contributed by atoms with van der Waals surface area (Å²) in [6.45, 7) is 8.88. The molecule has 0 fully saturated rings. The van der Waals surface area contributed by atoms with E-state index in [9.17, 15) is 9.59 Å². The van der Waals surface area contributed by atoms with Crippen molar-refractivity contribution in [3.05, 3.63) is 70.9 Å². The van der Waals surface area contributed by atoms with Crippen molar-refractivity contribution in [2.45, 2.75) is 46.0 Å². The van der Waals surface area contributed by atoms with Gasteiger partial charge >= 0.3 is 6.03 Å². The molecule has 2 aromatic carbocycles. The van der Waals surface area contributed by atoms with Gasteiger partial charge in [-0.15, -0.1) is 0 Å². The van der Waals surface area contributed by atoms with Gasteiger partial charge in [-0.05, 0) is 36.6 Å². The van der Waals surface area contributed by atoms with E-state index in [-0.39, 0.29) is 23.9 Å². The van der Waals surface area contributed by atoms with Gasteiger partial charge in [-0.2, -0.15) is 5.10 Å². The lowest BCUT2D eigenvalue weighted by molar-refractivity contribution is -0.116. The van der Waals surface area contributed by atoms with Crippen LogP contribution < -0.4 is 10.6 Å². The molecule has 0 saturated heterocycles. The van der Waals surface area contributed by atoms with E-state index in [1.807, 2.05) is 76.2 Å². The molecule has 0 bridgehead atoms. The van der Waals surface area contributed by atoms with Gasteiger partial charge in [0.1, 0.15) is 12.4 Å². The number of aromatic nitrogens is 2. The molecule has 0 spiro atoms. The number of methoxy groups -OCH3 is 1. The number of nitrogens with zero attached hydrogens (tertiary/aromatic N) is 3. The fraction of sp³-hybridized carbons (Fsp3) is 0.393. The predicted octanol–water partition coefficient (Wildman–Crippen LogP) is 5.89. The highest BCUT2D eigenvalue weighted by Crippen LogP contribution is 2.29. The van der Waals surface area contributed by atoms with Gasteiger partial charge < -0.3 is 20.3 Å². The van der Waals surface area contributed by atoms with Crippen LogP contribution in [0.3, 0.4) is 0 Å². The third-order valence-electron chi connectivity index (χ3n) is 5.86. The number of rotatable bonds is 10. The number of halogens is 1. The molecule has 198 valence electrons. The molecule has 0 aliphatic rings. The van der Waals surface area contributed by atoms with Crippen molar-refractivity contribution in [3.8, 4) is 5.69 Å². The Morgan fingerprint density at radius 2 is 1.78 bits per heavy atom. The number of benzene rings is 2. The third-order valence-corrected chi connectivity index (χ3v) is 6.18. The van der Waals surface area contributed by atoms with E-state index >= 15 is 0 Å². The minimum atomic E-state index is -0.345. The van der Waals surface area contributed by atoms with Crippen LogP contribution in [-0.4, -0.2) is 53.4 Å². The molecule has 0 aliphatic heterocycles. The SMILES string of the molecule is CCc1ccccc1NC(=O)N(CCCOC)CC(=O)Nc1cc(C(C)(C)C)nn1-c1ccccc1Cl. The number of carbonyl (C=O) groups is 2. The van der Waals surface area contributed by atoms with Gasteiger partial charge in [-0.1, -0.05) is 69.6 Å². The largest absolute Gasteiger partial charge is 0.385 e. The molecule has 3 aromatic rings. The van der Waals surface area contributed by atoms with Crippen LogP contribution in [0.15, 0.2) is 54.6 Å². The average molecular weight is 526 g/mol. The number of amides is 3. The number of ether oxygens (including phenoxy) is 1. The molecule has 0 radical (unpaired) electrons. The molecule has 37 heavy (non-hydrogen) atoms. The van der Waals surface area contributed by atoms with Crippen molar-refractivity contribution < 1.29 is 14.3 Å². The van der Waals surface area contributed by atoms with Crippen molar-refractivity contribution in [2.24, 2.45) is 0 Å².